The van der Waals surface area contributed by atoms with E-state index in [1.165, 1.54) is 0 Å². The molecule has 2 amide bonds. The summed E-state index contributed by atoms with van der Waals surface area (Å²) in [7, 11) is 0. The SMILES string of the molecule is CCOC(=O)NC1CCCN(C(=O)C2(N)CCC2)C1. The molecule has 1 heterocycles. The number of hydrogen-bond acceptors (Lipinski definition) is 4. The Morgan fingerprint density at radius 3 is 2.74 bits per heavy atom. The topological polar surface area (TPSA) is 84.7 Å². The predicted octanol–water partition coefficient (Wildman–Crippen LogP) is 0.605. The molecule has 6 nitrogen and oxygen atoms in total. The van der Waals surface area contributed by atoms with E-state index in [-0.39, 0.29) is 11.9 Å². The second kappa shape index (κ2) is 5.77. The maximum Gasteiger partial charge on any atom is 0.407 e. The molecule has 19 heavy (non-hydrogen) atoms. The smallest absolute Gasteiger partial charge is 0.407 e. The molecule has 0 spiro atoms. The van der Waals surface area contributed by atoms with E-state index < -0.39 is 11.6 Å². The summed E-state index contributed by atoms with van der Waals surface area (Å²) >= 11 is 0. The zero-order valence-electron chi connectivity index (χ0n) is 11.5. The van der Waals surface area contributed by atoms with Gasteiger partial charge in [0.1, 0.15) is 0 Å². The number of rotatable bonds is 3. The number of piperidine rings is 1. The number of carbonyl (C=O) groups is 2. The summed E-state index contributed by atoms with van der Waals surface area (Å²) in [6.45, 7) is 3.40. The molecule has 2 aliphatic rings. The first-order valence-electron chi connectivity index (χ1n) is 7.07. The zero-order chi connectivity index (χ0) is 13.9. The number of carbonyl (C=O) groups excluding carboxylic acids is 2. The van der Waals surface area contributed by atoms with Gasteiger partial charge in [-0.3, -0.25) is 4.79 Å². The first-order chi connectivity index (χ1) is 9.05. The molecule has 0 aromatic rings. The molecule has 1 atom stereocenters. The molecule has 0 radical (unpaired) electrons. The number of hydrogen-bond donors (Lipinski definition) is 2. The van der Waals surface area contributed by atoms with Crippen molar-refractivity contribution in [1.29, 1.82) is 0 Å². The van der Waals surface area contributed by atoms with Crippen LogP contribution in [0, 0.1) is 0 Å². The molecule has 2 fully saturated rings. The van der Waals surface area contributed by atoms with Crippen molar-refractivity contribution < 1.29 is 14.3 Å². The van der Waals surface area contributed by atoms with Gasteiger partial charge in [-0.05, 0) is 39.0 Å². The molecule has 2 rings (SSSR count). The monoisotopic (exact) mass is 269 g/mol. The van der Waals surface area contributed by atoms with E-state index in [4.69, 9.17) is 10.5 Å². The molecule has 3 N–H and O–H groups in total. The summed E-state index contributed by atoms with van der Waals surface area (Å²) in [6, 6.07) is -0.0274. The van der Waals surface area contributed by atoms with Crippen LogP contribution in [0.1, 0.15) is 39.0 Å². The van der Waals surface area contributed by atoms with Crippen molar-refractivity contribution in [2.75, 3.05) is 19.7 Å². The highest BCUT2D eigenvalue weighted by Gasteiger charge is 2.43. The molecular formula is C13H23N3O3. The molecule has 1 saturated heterocycles. The standard InChI is InChI=1S/C13H23N3O3/c1-2-19-12(18)15-10-5-3-8-16(9-10)11(17)13(14)6-4-7-13/h10H,2-9,14H2,1H3,(H,15,18). The van der Waals surface area contributed by atoms with Crippen LogP contribution in [-0.2, 0) is 9.53 Å². The Morgan fingerprint density at radius 1 is 1.42 bits per heavy atom. The van der Waals surface area contributed by atoms with Gasteiger partial charge in [0, 0.05) is 19.1 Å². The van der Waals surface area contributed by atoms with Crippen molar-refractivity contribution in [3.05, 3.63) is 0 Å². The molecule has 1 unspecified atom stereocenters. The lowest BCUT2D eigenvalue weighted by molar-refractivity contribution is -0.141. The summed E-state index contributed by atoms with van der Waals surface area (Å²) in [5, 5.41) is 2.80. The maximum atomic E-state index is 12.3. The maximum absolute atomic E-state index is 12.3. The first kappa shape index (κ1) is 14.1. The summed E-state index contributed by atoms with van der Waals surface area (Å²) < 4.78 is 4.86. The highest BCUT2D eigenvalue weighted by molar-refractivity contribution is 5.87. The Hall–Kier alpha value is -1.30. The Kier molecular flexibility index (Phi) is 4.29. The fourth-order valence-electron chi connectivity index (χ4n) is 2.71. The summed E-state index contributed by atoms with van der Waals surface area (Å²) in [5.41, 5.74) is 5.42. The van der Waals surface area contributed by atoms with Crippen LogP contribution in [0.5, 0.6) is 0 Å². The number of nitrogens with zero attached hydrogens (tertiary/aromatic N) is 1. The Labute approximate surface area is 113 Å². The minimum Gasteiger partial charge on any atom is -0.450 e. The van der Waals surface area contributed by atoms with Crippen LogP contribution in [0.2, 0.25) is 0 Å². The van der Waals surface area contributed by atoms with Crippen molar-refractivity contribution in [2.45, 2.75) is 50.6 Å². The van der Waals surface area contributed by atoms with Gasteiger partial charge in [-0.1, -0.05) is 0 Å². The second-order valence-electron chi connectivity index (χ2n) is 5.46. The number of nitrogens with two attached hydrogens (primary N) is 1. The molecule has 6 heteroatoms. The minimum atomic E-state index is -0.647. The van der Waals surface area contributed by atoms with Gasteiger partial charge in [-0.2, -0.15) is 0 Å². The van der Waals surface area contributed by atoms with E-state index in [1.54, 1.807) is 11.8 Å². The van der Waals surface area contributed by atoms with Crippen LogP contribution >= 0.6 is 0 Å². The Bertz CT molecular complexity index is 355. The molecule has 0 aromatic carbocycles. The zero-order valence-corrected chi connectivity index (χ0v) is 11.5. The van der Waals surface area contributed by atoms with Crippen molar-refractivity contribution in [3.8, 4) is 0 Å². The fourth-order valence-corrected chi connectivity index (χ4v) is 2.71. The van der Waals surface area contributed by atoms with Gasteiger partial charge in [-0.15, -0.1) is 0 Å². The number of nitrogens with one attached hydrogen (secondary N) is 1. The normalized spacial score (nSPS) is 25.4. The molecule has 1 saturated carbocycles. The summed E-state index contributed by atoms with van der Waals surface area (Å²) in [4.78, 5) is 25.5. The lowest BCUT2D eigenvalue weighted by atomic mass is 9.76. The first-order valence-corrected chi connectivity index (χ1v) is 7.07. The lowest BCUT2D eigenvalue weighted by Gasteiger charge is -2.43. The van der Waals surface area contributed by atoms with Crippen LogP contribution in [-0.4, -0.2) is 48.2 Å². The van der Waals surface area contributed by atoms with Gasteiger partial charge < -0.3 is 20.7 Å². The third-order valence-corrected chi connectivity index (χ3v) is 3.98. The highest BCUT2D eigenvalue weighted by atomic mass is 16.5. The molecule has 0 aromatic heterocycles. The third-order valence-electron chi connectivity index (χ3n) is 3.98. The number of amides is 2. The van der Waals surface area contributed by atoms with Crippen molar-refractivity contribution in [2.24, 2.45) is 5.73 Å². The molecule has 1 aliphatic carbocycles. The average molecular weight is 269 g/mol. The molecule has 0 bridgehead atoms. The summed E-state index contributed by atoms with van der Waals surface area (Å²) in [5.74, 6) is 0.0362. The van der Waals surface area contributed by atoms with Crippen LogP contribution in [0.25, 0.3) is 0 Å². The predicted molar refractivity (Wildman–Crippen MR) is 70.5 cm³/mol. The van der Waals surface area contributed by atoms with Gasteiger partial charge >= 0.3 is 6.09 Å². The average Bonchev–Trinajstić information content (AvgIpc) is 2.35. The van der Waals surface area contributed by atoms with Crippen molar-refractivity contribution in [1.82, 2.24) is 10.2 Å². The van der Waals surface area contributed by atoms with E-state index in [2.05, 4.69) is 5.32 Å². The largest absolute Gasteiger partial charge is 0.450 e. The quantitative estimate of drug-likeness (QED) is 0.786. The summed E-state index contributed by atoms with van der Waals surface area (Å²) in [6.07, 6.45) is 3.93. The molecule has 1 aliphatic heterocycles. The third kappa shape index (κ3) is 3.18. The number of likely N-dealkylation sites (tertiary alicyclic amines) is 1. The fraction of sp³-hybridized carbons (Fsp3) is 0.846. The van der Waals surface area contributed by atoms with E-state index in [0.717, 1.165) is 38.6 Å². The Morgan fingerprint density at radius 2 is 2.16 bits per heavy atom. The number of alkyl carbamates (subject to hydrolysis) is 1. The van der Waals surface area contributed by atoms with E-state index in [0.29, 0.717) is 13.2 Å². The second-order valence-corrected chi connectivity index (χ2v) is 5.46. The van der Waals surface area contributed by atoms with Gasteiger partial charge in [0.2, 0.25) is 5.91 Å². The van der Waals surface area contributed by atoms with E-state index in [9.17, 15) is 9.59 Å². The van der Waals surface area contributed by atoms with Crippen LogP contribution in [0.3, 0.4) is 0 Å². The molecule has 108 valence electrons. The van der Waals surface area contributed by atoms with E-state index in [1.807, 2.05) is 0 Å². The van der Waals surface area contributed by atoms with Crippen LogP contribution in [0.15, 0.2) is 0 Å². The van der Waals surface area contributed by atoms with Crippen LogP contribution in [0.4, 0.5) is 4.79 Å². The number of ether oxygens (including phenoxy) is 1. The Balaban J connectivity index is 1.86. The lowest BCUT2D eigenvalue weighted by Crippen LogP contribution is -2.62. The minimum absolute atomic E-state index is 0.0274. The van der Waals surface area contributed by atoms with Gasteiger partial charge in [0.05, 0.1) is 12.1 Å². The van der Waals surface area contributed by atoms with Gasteiger partial charge in [0.15, 0.2) is 0 Å². The molecular weight excluding hydrogens is 246 g/mol. The van der Waals surface area contributed by atoms with Crippen LogP contribution < -0.4 is 11.1 Å². The highest BCUT2D eigenvalue weighted by Crippen LogP contribution is 2.31. The van der Waals surface area contributed by atoms with Gasteiger partial charge in [0.25, 0.3) is 0 Å². The van der Waals surface area contributed by atoms with E-state index >= 15 is 0 Å². The van der Waals surface area contributed by atoms with Crippen molar-refractivity contribution >= 4 is 12.0 Å². The van der Waals surface area contributed by atoms with Gasteiger partial charge in [-0.25, -0.2) is 4.79 Å². The van der Waals surface area contributed by atoms with Crippen molar-refractivity contribution in [3.63, 3.8) is 0 Å².